The number of nitrogens with zero attached hydrogens (tertiary/aromatic N) is 3. The van der Waals surface area contributed by atoms with E-state index in [-0.39, 0.29) is 11.6 Å². The van der Waals surface area contributed by atoms with Crippen molar-refractivity contribution in [1.82, 2.24) is 9.97 Å². The first-order valence-corrected chi connectivity index (χ1v) is 8.87. The van der Waals surface area contributed by atoms with Gasteiger partial charge in [0.05, 0.1) is 12.1 Å². The van der Waals surface area contributed by atoms with Crippen LogP contribution >= 0.6 is 11.6 Å². The van der Waals surface area contributed by atoms with E-state index in [0.717, 1.165) is 18.7 Å². The first kappa shape index (κ1) is 17.3. The van der Waals surface area contributed by atoms with E-state index in [4.69, 9.17) is 16.3 Å². The molecule has 3 aromatic rings. The first-order chi connectivity index (χ1) is 13.2. The van der Waals surface area contributed by atoms with E-state index in [1.165, 1.54) is 5.56 Å². The Bertz CT molecular complexity index is 1010. The molecule has 7 heteroatoms. The highest BCUT2D eigenvalue weighted by atomic mass is 35.5. The van der Waals surface area contributed by atoms with Crippen molar-refractivity contribution >= 4 is 34.8 Å². The molecule has 1 aromatic heterocycles. The Balaban J connectivity index is 1.56. The van der Waals surface area contributed by atoms with Crippen molar-refractivity contribution in [1.29, 1.82) is 0 Å². The number of carbonyl (C=O) groups is 1. The molecule has 27 heavy (non-hydrogen) atoms. The Morgan fingerprint density at radius 3 is 2.89 bits per heavy atom. The van der Waals surface area contributed by atoms with Crippen molar-refractivity contribution in [2.45, 2.75) is 6.42 Å². The van der Waals surface area contributed by atoms with Gasteiger partial charge in [0, 0.05) is 24.1 Å². The monoisotopic (exact) mass is 380 g/mol. The quantitative estimate of drug-likeness (QED) is 0.738. The highest BCUT2D eigenvalue weighted by molar-refractivity contribution is 6.32. The number of aromatic nitrogens is 2. The molecule has 2 heterocycles. The Morgan fingerprint density at radius 2 is 2.07 bits per heavy atom. The molecule has 0 radical (unpaired) electrons. The smallest absolute Gasteiger partial charge is 0.274 e. The van der Waals surface area contributed by atoms with Gasteiger partial charge in [-0.2, -0.15) is 0 Å². The molecule has 1 aliphatic heterocycles. The van der Waals surface area contributed by atoms with Gasteiger partial charge in [-0.1, -0.05) is 29.8 Å². The van der Waals surface area contributed by atoms with Crippen molar-refractivity contribution in [3.63, 3.8) is 0 Å². The van der Waals surface area contributed by atoms with Crippen LogP contribution < -0.4 is 15.0 Å². The Morgan fingerprint density at radius 1 is 1.22 bits per heavy atom. The Labute approximate surface area is 161 Å². The fourth-order valence-corrected chi connectivity index (χ4v) is 3.35. The van der Waals surface area contributed by atoms with Crippen LogP contribution in [0, 0.1) is 0 Å². The lowest BCUT2D eigenvalue weighted by molar-refractivity contribution is 0.102. The van der Waals surface area contributed by atoms with Crippen LogP contribution in [0.4, 0.5) is 17.3 Å². The average Bonchev–Trinajstić information content (AvgIpc) is 3.12. The second-order valence-electron chi connectivity index (χ2n) is 6.08. The molecule has 0 saturated heterocycles. The number of amides is 1. The van der Waals surface area contributed by atoms with Gasteiger partial charge < -0.3 is 15.0 Å². The number of ether oxygens (including phenoxy) is 1. The van der Waals surface area contributed by atoms with Gasteiger partial charge in [0.25, 0.3) is 5.91 Å². The molecular weight excluding hydrogens is 364 g/mol. The molecule has 0 aliphatic carbocycles. The summed E-state index contributed by atoms with van der Waals surface area (Å²) < 4.78 is 5.12. The number of benzene rings is 2. The maximum absolute atomic E-state index is 12.6. The van der Waals surface area contributed by atoms with Crippen LogP contribution in [0.1, 0.15) is 16.1 Å². The summed E-state index contributed by atoms with van der Waals surface area (Å²) in [5.41, 5.74) is 3.19. The summed E-state index contributed by atoms with van der Waals surface area (Å²) >= 11 is 6.11. The van der Waals surface area contributed by atoms with Crippen LogP contribution in [-0.4, -0.2) is 29.5 Å². The van der Waals surface area contributed by atoms with Gasteiger partial charge in [0.2, 0.25) is 5.95 Å². The number of fused-ring (bicyclic) bond motifs is 1. The van der Waals surface area contributed by atoms with Crippen LogP contribution in [0.3, 0.4) is 0 Å². The van der Waals surface area contributed by atoms with Gasteiger partial charge in [0.1, 0.15) is 11.4 Å². The summed E-state index contributed by atoms with van der Waals surface area (Å²) in [6.45, 7) is 0.790. The zero-order valence-corrected chi connectivity index (χ0v) is 15.4. The number of carbonyl (C=O) groups excluding carboxylic acids is 1. The summed E-state index contributed by atoms with van der Waals surface area (Å²) in [5, 5.41) is 3.22. The van der Waals surface area contributed by atoms with Crippen LogP contribution in [0.5, 0.6) is 5.75 Å². The van der Waals surface area contributed by atoms with Crippen molar-refractivity contribution < 1.29 is 9.53 Å². The standard InChI is InChI=1S/C20H17ClN4O2/c1-27-18-7-6-14(12-15(18)21)23-19(26)16-8-10-22-20(24-16)25-11-9-13-4-2-3-5-17(13)25/h2-8,10,12H,9,11H2,1H3,(H,23,26). The van der Waals surface area contributed by atoms with E-state index in [2.05, 4.69) is 21.4 Å². The number of para-hydroxylation sites is 1. The normalized spacial score (nSPS) is 12.6. The predicted octanol–water partition coefficient (Wildman–Crippen LogP) is 4.09. The van der Waals surface area contributed by atoms with Gasteiger partial charge in [-0.25, -0.2) is 9.97 Å². The van der Waals surface area contributed by atoms with Crippen molar-refractivity contribution in [2.75, 3.05) is 23.9 Å². The lowest BCUT2D eigenvalue weighted by Gasteiger charge is -2.17. The third kappa shape index (κ3) is 3.44. The Kier molecular flexibility index (Phi) is 4.64. The van der Waals surface area contributed by atoms with Gasteiger partial charge in [-0.3, -0.25) is 4.79 Å². The molecule has 0 saturated carbocycles. The highest BCUT2D eigenvalue weighted by Gasteiger charge is 2.22. The molecule has 0 spiro atoms. The number of halogens is 1. The number of anilines is 3. The second-order valence-corrected chi connectivity index (χ2v) is 6.48. The van der Waals surface area contributed by atoms with E-state index in [0.29, 0.717) is 22.4 Å². The van der Waals surface area contributed by atoms with E-state index in [9.17, 15) is 4.79 Å². The molecule has 1 aliphatic rings. The molecule has 0 bridgehead atoms. The minimum Gasteiger partial charge on any atom is -0.495 e. The summed E-state index contributed by atoms with van der Waals surface area (Å²) in [4.78, 5) is 23.4. The minimum absolute atomic E-state index is 0.288. The number of nitrogens with one attached hydrogen (secondary N) is 1. The van der Waals surface area contributed by atoms with Crippen LogP contribution in [0.2, 0.25) is 5.02 Å². The molecule has 0 unspecified atom stereocenters. The summed E-state index contributed by atoms with van der Waals surface area (Å²) in [7, 11) is 1.54. The number of hydrogen-bond donors (Lipinski definition) is 1. The molecule has 4 rings (SSSR count). The maximum Gasteiger partial charge on any atom is 0.274 e. The van der Waals surface area contributed by atoms with Gasteiger partial charge in [-0.15, -0.1) is 0 Å². The molecule has 1 amide bonds. The first-order valence-electron chi connectivity index (χ1n) is 8.49. The predicted molar refractivity (Wildman–Crippen MR) is 105 cm³/mol. The molecule has 0 atom stereocenters. The summed E-state index contributed by atoms with van der Waals surface area (Å²) in [6.07, 6.45) is 2.53. The Hall–Kier alpha value is -3.12. The summed E-state index contributed by atoms with van der Waals surface area (Å²) in [6, 6.07) is 14.8. The second kappa shape index (κ2) is 7.25. The SMILES string of the molecule is COc1ccc(NC(=O)c2ccnc(N3CCc4ccccc43)n2)cc1Cl. The molecule has 2 aromatic carbocycles. The molecule has 1 N–H and O–H groups in total. The number of methoxy groups -OCH3 is 1. The van der Waals surface area contributed by atoms with Crippen LogP contribution in [0.15, 0.2) is 54.7 Å². The number of rotatable bonds is 4. The van der Waals surface area contributed by atoms with E-state index >= 15 is 0 Å². The van der Waals surface area contributed by atoms with Crippen molar-refractivity contribution in [3.8, 4) is 5.75 Å². The number of hydrogen-bond acceptors (Lipinski definition) is 5. The van der Waals surface area contributed by atoms with Gasteiger partial charge in [0.15, 0.2) is 0 Å². The van der Waals surface area contributed by atoms with E-state index in [1.54, 1.807) is 37.6 Å². The average molecular weight is 381 g/mol. The largest absolute Gasteiger partial charge is 0.495 e. The summed E-state index contributed by atoms with van der Waals surface area (Å²) in [5.74, 6) is 0.736. The van der Waals surface area contributed by atoms with E-state index < -0.39 is 0 Å². The zero-order chi connectivity index (χ0) is 18.8. The minimum atomic E-state index is -0.327. The van der Waals surface area contributed by atoms with Crippen molar-refractivity contribution in [3.05, 3.63) is 71.0 Å². The fraction of sp³-hybridized carbons (Fsp3) is 0.150. The van der Waals surface area contributed by atoms with Crippen LogP contribution in [-0.2, 0) is 6.42 Å². The third-order valence-corrected chi connectivity index (χ3v) is 4.71. The van der Waals surface area contributed by atoms with Crippen LogP contribution in [0.25, 0.3) is 0 Å². The zero-order valence-electron chi connectivity index (χ0n) is 14.6. The lowest BCUT2D eigenvalue weighted by atomic mass is 10.2. The molecule has 136 valence electrons. The third-order valence-electron chi connectivity index (χ3n) is 4.41. The topological polar surface area (TPSA) is 67.3 Å². The lowest BCUT2D eigenvalue weighted by Crippen LogP contribution is -2.20. The van der Waals surface area contributed by atoms with Gasteiger partial charge in [-0.05, 0) is 42.3 Å². The van der Waals surface area contributed by atoms with Gasteiger partial charge >= 0.3 is 0 Å². The van der Waals surface area contributed by atoms with E-state index in [1.807, 2.05) is 23.1 Å². The molecule has 6 nitrogen and oxygen atoms in total. The molecule has 0 fully saturated rings. The fourth-order valence-electron chi connectivity index (χ4n) is 3.09. The van der Waals surface area contributed by atoms with Crippen molar-refractivity contribution in [2.24, 2.45) is 0 Å². The maximum atomic E-state index is 12.6. The highest BCUT2D eigenvalue weighted by Crippen LogP contribution is 2.32. The molecular formula is C20H17ClN4O2.